The minimum absolute atomic E-state index is 0.133. The first-order chi connectivity index (χ1) is 12.9. The Balaban J connectivity index is 1.57. The van der Waals surface area contributed by atoms with Crippen LogP contribution in [0.5, 0.6) is 11.6 Å². The number of amides is 1. The average Bonchev–Trinajstić information content (AvgIpc) is 3.09. The van der Waals surface area contributed by atoms with E-state index in [1.54, 1.807) is 11.1 Å². The smallest absolute Gasteiger partial charge is 0.410 e. The van der Waals surface area contributed by atoms with E-state index in [2.05, 4.69) is 4.98 Å². The van der Waals surface area contributed by atoms with Crippen molar-refractivity contribution in [3.63, 3.8) is 0 Å². The summed E-state index contributed by atoms with van der Waals surface area (Å²) in [6.07, 6.45) is 1.96. The van der Waals surface area contributed by atoms with Crippen molar-refractivity contribution in [3.05, 3.63) is 54.2 Å². The number of nitrogens with zero attached hydrogens (tertiary/aromatic N) is 2. The fourth-order valence-electron chi connectivity index (χ4n) is 2.78. The summed E-state index contributed by atoms with van der Waals surface area (Å²) in [5, 5.41) is 0. The van der Waals surface area contributed by atoms with Crippen molar-refractivity contribution >= 4 is 6.09 Å². The molecule has 1 atom stereocenters. The number of hydrogen-bond acceptors (Lipinski definition) is 5. The maximum absolute atomic E-state index is 12.2. The predicted molar refractivity (Wildman–Crippen MR) is 102 cm³/mol. The molecule has 1 aliphatic heterocycles. The number of carbonyl (C=O) groups excluding carboxylic acids is 1. The van der Waals surface area contributed by atoms with Crippen LogP contribution in [0.25, 0.3) is 0 Å². The van der Waals surface area contributed by atoms with Gasteiger partial charge in [0.2, 0.25) is 0 Å². The minimum atomic E-state index is -0.505. The summed E-state index contributed by atoms with van der Waals surface area (Å²) < 4.78 is 17.3. The first-order valence-electron chi connectivity index (χ1n) is 9.17. The number of pyridine rings is 1. The van der Waals surface area contributed by atoms with Crippen molar-refractivity contribution in [1.29, 1.82) is 0 Å². The molecular formula is C21H26N2O4. The van der Waals surface area contributed by atoms with E-state index < -0.39 is 5.60 Å². The van der Waals surface area contributed by atoms with E-state index in [0.717, 1.165) is 12.0 Å². The number of aromatic nitrogens is 1. The summed E-state index contributed by atoms with van der Waals surface area (Å²) in [6, 6.07) is 13.6. The predicted octanol–water partition coefficient (Wildman–Crippen LogP) is 4.05. The lowest BCUT2D eigenvalue weighted by Gasteiger charge is -2.24. The lowest BCUT2D eigenvalue weighted by Crippen LogP contribution is -2.36. The zero-order valence-corrected chi connectivity index (χ0v) is 16.1. The lowest BCUT2D eigenvalue weighted by molar-refractivity contribution is 0.0274. The first kappa shape index (κ1) is 19.0. The van der Waals surface area contributed by atoms with Gasteiger partial charge >= 0.3 is 6.09 Å². The van der Waals surface area contributed by atoms with Gasteiger partial charge < -0.3 is 19.1 Å². The Bertz CT molecular complexity index is 758. The Morgan fingerprint density at radius 3 is 2.70 bits per heavy atom. The molecule has 2 heterocycles. The molecule has 0 N–H and O–H groups in total. The molecule has 1 aromatic carbocycles. The van der Waals surface area contributed by atoms with E-state index in [1.807, 2.05) is 63.2 Å². The highest BCUT2D eigenvalue weighted by Crippen LogP contribution is 2.28. The molecule has 1 amide bonds. The van der Waals surface area contributed by atoms with Gasteiger partial charge in [0.05, 0.1) is 6.54 Å². The van der Waals surface area contributed by atoms with Crippen LogP contribution in [0.4, 0.5) is 4.79 Å². The molecule has 1 saturated heterocycles. The summed E-state index contributed by atoms with van der Waals surface area (Å²) in [7, 11) is 0. The van der Waals surface area contributed by atoms with Crippen LogP contribution in [0, 0.1) is 0 Å². The third-order valence-corrected chi connectivity index (χ3v) is 4.05. The van der Waals surface area contributed by atoms with Gasteiger partial charge in [0.1, 0.15) is 18.3 Å². The molecular weight excluding hydrogens is 344 g/mol. The first-order valence-corrected chi connectivity index (χ1v) is 9.17. The van der Waals surface area contributed by atoms with Crippen LogP contribution in [-0.2, 0) is 11.3 Å². The zero-order chi connectivity index (χ0) is 19.3. The lowest BCUT2D eigenvalue weighted by atomic mass is 10.2. The van der Waals surface area contributed by atoms with Crippen LogP contribution in [0.1, 0.15) is 32.8 Å². The molecule has 6 nitrogen and oxygen atoms in total. The SMILES string of the molecule is CC(C)(C)OC(=O)N1CC[C@H](Oc2ncccc2OCc2ccccc2)C1. The van der Waals surface area contributed by atoms with E-state index in [9.17, 15) is 4.79 Å². The molecule has 0 radical (unpaired) electrons. The normalized spacial score (nSPS) is 16.9. The Hall–Kier alpha value is -2.76. The number of carbonyl (C=O) groups is 1. The maximum atomic E-state index is 12.2. The van der Waals surface area contributed by atoms with Crippen molar-refractivity contribution in [2.45, 2.75) is 45.5 Å². The second-order valence-corrected chi connectivity index (χ2v) is 7.54. The van der Waals surface area contributed by atoms with Crippen LogP contribution < -0.4 is 9.47 Å². The summed E-state index contributed by atoms with van der Waals surface area (Å²) in [5.74, 6) is 1.04. The van der Waals surface area contributed by atoms with Gasteiger partial charge in [-0.1, -0.05) is 30.3 Å². The Labute approximate surface area is 160 Å². The quantitative estimate of drug-likeness (QED) is 0.795. The van der Waals surface area contributed by atoms with Crippen molar-refractivity contribution in [2.24, 2.45) is 0 Å². The second kappa shape index (κ2) is 8.29. The van der Waals surface area contributed by atoms with E-state index in [0.29, 0.717) is 31.3 Å². The van der Waals surface area contributed by atoms with Gasteiger partial charge in [-0.3, -0.25) is 0 Å². The number of rotatable bonds is 5. The van der Waals surface area contributed by atoms with E-state index in [-0.39, 0.29) is 12.2 Å². The summed E-state index contributed by atoms with van der Waals surface area (Å²) in [6.45, 7) is 7.10. The largest absolute Gasteiger partial charge is 0.483 e. The highest BCUT2D eigenvalue weighted by molar-refractivity contribution is 5.68. The van der Waals surface area contributed by atoms with Gasteiger partial charge in [-0.15, -0.1) is 0 Å². The number of hydrogen-bond donors (Lipinski definition) is 0. The monoisotopic (exact) mass is 370 g/mol. The molecule has 1 fully saturated rings. The van der Waals surface area contributed by atoms with Gasteiger partial charge in [-0.25, -0.2) is 9.78 Å². The molecule has 0 saturated carbocycles. The summed E-state index contributed by atoms with van der Waals surface area (Å²) in [5.41, 5.74) is 0.569. The van der Waals surface area contributed by atoms with Gasteiger partial charge in [-0.05, 0) is 38.5 Å². The molecule has 0 spiro atoms. The van der Waals surface area contributed by atoms with Gasteiger partial charge in [0.15, 0.2) is 5.75 Å². The third-order valence-electron chi connectivity index (χ3n) is 4.05. The molecule has 6 heteroatoms. The summed E-state index contributed by atoms with van der Waals surface area (Å²) >= 11 is 0. The highest BCUT2D eigenvalue weighted by Gasteiger charge is 2.31. The van der Waals surface area contributed by atoms with Crippen LogP contribution in [-0.4, -0.2) is 40.8 Å². The van der Waals surface area contributed by atoms with Crippen LogP contribution >= 0.6 is 0 Å². The molecule has 0 bridgehead atoms. The Morgan fingerprint density at radius 2 is 1.96 bits per heavy atom. The zero-order valence-electron chi connectivity index (χ0n) is 16.1. The Kier molecular flexibility index (Phi) is 5.84. The van der Waals surface area contributed by atoms with Crippen molar-refractivity contribution in [1.82, 2.24) is 9.88 Å². The standard InChI is InChI=1S/C21H26N2O4/c1-21(2,3)27-20(24)23-13-11-17(14-23)26-19-18(10-7-12-22-19)25-15-16-8-5-4-6-9-16/h4-10,12,17H,11,13-15H2,1-3H3/t17-/m0/s1. The molecule has 1 aromatic heterocycles. The van der Waals surface area contributed by atoms with Crippen LogP contribution in [0.2, 0.25) is 0 Å². The third kappa shape index (κ3) is 5.61. The molecule has 0 aliphatic carbocycles. The molecule has 0 unspecified atom stereocenters. The van der Waals surface area contributed by atoms with Crippen LogP contribution in [0.15, 0.2) is 48.7 Å². The molecule has 2 aromatic rings. The van der Waals surface area contributed by atoms with Gasteiger partial charge in [-0.2, -0.15) is 0 Å². The molecule has 3 rings (SSSR count). The molecule has 27 heavy (non-hydrogen) atoms. The molecule has 144 valence electrons. The van der Waals surface area contributed by atoms with Crippen LogP contribution in [0.3, 0.4) is 0 Å². The minimum Gasteiger partial charge on any atom is -0.483 e. The fraction of sp³-hybridized carbons (Fsp3) is 0.429. The maximum Gasteiger partial charge on any atom is 0.410 e. The Morgan fingerprint density at radius 1 is 1.19 bits per heavy atom. The molecule has 1 aliphatic rings. The average molecular weight is 370 g/mol. The number of ether oxygens (including phenoxy) is 3. The second-order valence-electron chi connectivity index (χ2n) is 7.54. The fourth-order valence-corrected chi connectivity index (χ4v) is 2.78. The van der Waals surface area contributed by atoms with Crippen molar-refractivity contribution in [2.75, 3.05) is 13.1 Å². The topological polar surface area (TPSA) is 60.9 Å². The van der Waals surface area contributed by atoms with Crippen molar-refractivity contribution in [3.8, 4) is 11.6 Å². The summed E-state index contributed by atoms with van der Waals surface area (Å²) in [4.78, 5) is 18.2. The van der Waals surface area contributed by atoms with E-state index in [4.69, 9.17) is 14.2 Å². The highest BCUT2D eigenvalue weighted by atomic mass is 16.6. The van der Waals surface area contributed by atoms with Gasteiger partial charge in [0.25, 0.3) is 5.88 Å². The van der Waals surface area contributed by atoms with Gasteiger partial charge in [0, 0.05) is 19.2 Å². The van der Waals surface area contributed by atoms with E-state index in [1.165, 1.54) is 0 Å². The van der Waals surface area contributed by atoms with Crippen molar-refractivity contribution < 1.29 is 19.0 Å². The number of benzene rings is 1. The number of likely N-dealkylation sites (tertiary alicyclic amines) is 1. The van der Waals surface area contributed by atoms with E-state index >= 15 is 0 Å².